The van der Waals surface area contributed by atoms with Gasteiger partial charge in [-0.15, -0.1) is 4.73 Å². The number of amides is 1. The third-order valence-corrected chi connectivity index (χ3v) is 5.41. The number of nitrogens with zero attached hydrogens (tertiary/aromatic N) is 3. The van der Waals surface area contributed by atoms with Crippen molar-refractivity contribution < 1.29 is 14.7 Å². The first-order chi connectivity index (χ1) is 13.0. The molecule has 27 heavy (non-hydrogen) atoms. The number of imidazole rings is 1. The molecule has 1 aliphatic rings. The largest absolute Gasteiger partial charge is 0.465 e. The van der Waals surface area contributed by atoms with Crippen LogP contribution in [0.2, 0.25) is 0 Å². The van der Waals surface area contributed by atoms with Crippen molar-refractivity contribution in [2.75, 3.05) is 14.2 Å². The van der Waals surface area contributed by atoms with Gasteiger partial charge in [-0.2, -0.15) is 0 Å². The lowest BCUT2D eigenvalue weighted by Gasteiger charge is -2.37. The molecule has 0 aliphatic carbocycles. The molecule has 2 aromatic carbocycles. The summed E-state index contributed by atoms with van der Waals surface area (Å²) in [5.41, 5.74) is 3.23. The molecule has 0 radical (unpaired) electrons. The van der Waals surface area contributed by atoms with Gasteiger partial charge in [0.1, 0.15) is 12.6 Å². The molecule has 0 fully saturated rings. The zero-order valence-corrected chi connectivity index (χ0v) is 15.2. The van der Waals surface area contributed by atoms with E-state index in [1.54, 1.807) is 11.6 Å². The summed E-state index contributed by atoms with van der Waals surface area (Å²) in [6, 6.07) is 14.8. The molecule has 3 aromatic rings. The summed E-state index contributed by atoms with van der Waals surface area (Å²) in [6.07, 6.45) is 0.0956. The highest BCUT2D eigenvalue weighted by Gasteiger charge is 2.37. The van der Waals surface area contributed by atoms with Crippen molar-refractivity contribution in [1.29, 1.82) is 0 Å². The number of rotatable bonds is 4. The van der Waals surface area contributed by atoms with Gasteiger partial charge in [0.25, 0.3) is 0 Å². The minimum Gasteiger partial charge on any atom is -0.465 e. The maximum atomic E-state index is 13.1. The van der Waals surface area contributed by atoms with Crippen LogP contribution in [0.5, 0.6) is 0 Å². The standard InChI is InChI=1S/C20H21N3O4/c1-21(20(25)26)16-12-14-9-6-10-15-18(14)22(19(24)23(15)27-2)17(16)11-13-7-4-3-5-8-13/h3-10,16-17H,11-12H2,1-2H3,(H,25,26)/t16-,17+/m0/s1. The third-order valence-electron chi connectivity index (χ3n) is 5.41. The molecule has 4 rings (SSSR count). The predicted molar refractivity (Wildman–Crippen MR) is 101 cm³/mol. The SMILES string of the molecule is COn1c(=O)n2c3c(cccc31)C[C@H](N(C)C(=O)O)[C@H]2Cc1ccccc1. The zero-order chi connectivity index (χ0) is 19.1. The number of carboxylic acid groups (broad SMARTS) is 1. The fraction of sp³-hybridized carbons (Fsp3) is 0.300. The van der Waals surface area contributed by atoms with E-state index < -0.39 is 6.09 Å². The molecule has 2 heterocycles. The molecule has 1 aliphatic heterocycles. The first-order valence-corrected chi connectivity index (χ1v) is 8.82. The van der Waals surface area contributed by atoms with Gasteiger partial charge < -0.3 is 14.8 Å². The Morgan fingerprint density at radius 2 is 1.96 bits per heavy atom. The minimum absolute atomic E-state index is 0.288. The average Bonchev–Trinajstić information content (AvgIpc) is 2.97. The summed E-state index contributed by atoms with van der Waals surface area (Å²) in [4.78, 5) is 31.4. The Balaban J connectivity index is 1.94. The molecule has 7 heteroatoms. The van der Waals surface area contributed by atoms with Crippen LogP contribution in [0.4, 0.5) is 4.79 Å². The van der Waals surface area contributed by atoms with Crippen molar-refractivity contribution in [3.8, 4) is 0 Å². The van der Waals surface area contributed by atoms with Gasteiger partial charge in [-0.1, -0.05) is 42.5 Å². The van der Waals surface area contributed by atoms with Gasteiger partial charge in [-0.25, -0.2) is 9.59 Å². The molecule has 0 unspecified atom stereocenters. The highest BCUT2D eigenvalue weighted by atomic mass is 16.7. The van der Waals surface area contributed by atoms with Crippen LogP contribution < -0.4 is 10.5 Å². The van der Waals surface area contributed by atoms with Crippen LogP contribution in [-0.2, 0) is 12.8 Å². The second-order valence-corrected chi connectivity index (χ2v) is 6.84. The predicted octanol–water partition coefficient (Wildman–Crippen LogP) is 2.18. The summed E-state index contributed by atoms with van der Waals surface area (Å²) in [7, 11) is 3.03. The van der Waals surface area contributed by atoms with Crippen molar-refractivity contribution in [1.82, 2.24) is 14.2 Å². The van der Waals surface area contributed by atoms with E-state index in [9.17, 15) is 14.7 Å². The quantitative estimate of drug-likeness (QED) is 0.767. The van der Waals surface area contributed by atoms with E-state index >= 15 is 0 Å². The fourth-order valence-electron chi connectivity index (χ4n) is 4.12. The first kappa shape index (κ1) is 17.2. The summed E-state index contributed by atoms with van der Waals surface area (Å²) >= 11 is 0. The molecule has 0 spiro atoms. The number of carbonyl (C=O) groups is 1. The van der Waals surface area contributed by atoms with Crippen molar-refractivity contribution in [2.45, 2.75) is 24.9 Å². The Kier molecular flexibility index (Phi) is 4.14. The van der Waals surface area contributed by atoms with Gasteiger partial charge in [-0.3, -0.25) is 4.57 Å². The molecule has 0 saturated carbocycles. The van der Waals surface area contributed by atoms with Crippen LogP contribution in [0.25, 0.3) is 11.0 Å². The highest BCUT2D eigenvalue weighted by molar-refractivity contribution is 5.81. The molecule has 2 atom stereocenters. The van der Waals surface area contributed by atoms with Crippen molar-refractivity contribution in [2.24, 2.45) is 0 Å². The van der Waals surface area contributed by atoms with E-state index in [1.807, 2.05) is 48.5 Å². The van der Waals surface area contributed by atoms with Crippen LogP contribution >= 0.6 is 0 Å². The monoisotopic (exact) mass is 367 g/mol. The molecule has 140 valence electrons. The van der Waals surface area contributed by atoms with E-state index in [0.29, 0.717) is 18.4 Å². The Morgan fingerprint density at radius 3 is 2.63 bits per heavy atom. The molecule has 1 aromatic heterocycles. The second-order valence-electron chi connectivity index (χ2n) is 6.84. The first-order valence-electron chi connectivity index (χ1n) is 8.82. The summed E-state index contributed by atoms with van der Waals surface area (Å²) in [6.45, 7) is 0. The second kappa shape index (κ2) is 6.50. The summed E-state index contributed by atoms with van der Waals surface area (Å²) in [5.74, 6) is 0. The van der Waals surface area contributed by atoms with E-state index in [1.165, 1.54) is 16.7 Å². The maximum Gasteiger partial charge on any atom is 0.407 e. The van der Waals surface area contributed by atoms with Gasteiger partial charge in [0.05, 0.1) is 17.6 Å². The number of likely N-dealkylation sites (N-methyl/N-ethyl adjacent to an activating group) is 1. The number of aromatic nitrogens is 2. The van der Waals surface area contributed by atoms with Crippen LogP contribution in [0.15, 0.2) is 53.3 Å². The van der Waals surface area contributed by atoms with Gasteiger partial charge in [0.15, 0.2) is 0 Å². The average molecular weight is 367 g/mol. The Labute approximate surface area is 156 Å². The molecule has 1 amide bonds. The molecule has 0 saturated heterocycles. The van der Waals surface area contributed by atoms with Gasteiger partial charge in [0.2, 0.25) is 0 Å². The normalized spacial score (nSPS) is 18.4. The zero-order valence-electron chi connectivity index (χ0n) is 15.2. The Morgan fingerprint density at radius 1 is 1.22 bits per heavy atom. The van der Waals surface area contributed by atoms with Crippen LogP contribution in [0.3, 0.4) is 0 Å². The van der Waals surface area contributed by atoms with E-state index in [4.69, 9.17) is 4.84 Å². The number of para-hydroxylation sites is 1. The highest BCUT2D eigenvalue weighted by Crippen LogP contribution is 2.34. The van der Waals surface area contributed by atoms with Crippen LogP contribution in [0.1, 0.15) is 17.2 Å². The summed E-state index contributed by atoms with van der Waals surface area (Å²) in [5, 5.41) is 9.59. The van der Waals surface area contributed by atoms with Gasteiger partial charge in [-0.05, 0) is 30.0 Å². The van der Waals surface area contributed by atoms with Gasteiger partial charge in [0, 0.05) is 7.05 Å². The van der Waals surface area contributed by atoms with E-state index in [-0.39, 0.29) is 17.8 Å². The molecule has 1 N–H and O–H groups in total. The topological polar surface area (TPSA) is 76.7 Å². The maximum absolute atomic E-state index is 13.1. The Bertz CT molecular complexity index is 1050. The number of hydrogen-bond acceptors (Lipinski definition) is 3. The van der Waals surface area contributed by atoms with Crippen molar-refractivity contribution in [3.05, 3.63) is 70.1 Å². The molecule has 7 nitrogen and oxygen atoms in total. The lowest BCUT2D eigenvalue weighted by molar-refractivity contribution is 0.116. The number of benzene rings is 2. The smallest absolute Gasteiger partial charge is 0.407 e. The Hall–Kier alpha value is -3.22. The van der Waals surface area contributed by atoms with E-state index in [2.05, 4.69) is 0 Å². The minimum atomic E-state index is -1.01. The van der Waals surface area contributed by atoms with Crippen LogP contribution in [-0.4, -0.2) is 45.6 Å². The lowest BCUT2D eigenvalue weighted by Crippen LogP contribution is -2.48. The summed E-state index contributed by atoms with van der Waals surface area (Å²) < 4.78 is 2.98. The number of hydrogen-bond donors (Lipinski definition) is 1. The fourth-order valence-corrected chi connectivity index (χ4v) is 4.12. The van der Waals surface area contributed by atoms with E-state index in [0.717, 1.165) is 16.6 Å². The van der Waals surface area contributed by atoms with Crippen molar-refractivity contribution >= 4 is 17.1 Å². The third kappa shape index (κ3) is 2.66. The molecular formula is C20H21N3O4. The molecular weight excluding hydrogens is 346 g/mol. The van der Waals surface area contributed by atoms with Gasteiger partial charge >= 0.3 is 11.8 Å². The molecule has 0 bridgehead atoms. The van der Waals surface area contributed by atoms with Crippen molar-refractivity contribution in [3.63, 3.8) is 0 Å². The van der Waals surface area contributed by atoms with Crippen LogP contribution in [0, 0.1) is 0 Å². The lowest BCUT2D eigenvalue weighted by atomic mass is 9.89.